The summed E-state index contributed by atoms with van der Waals surface area (Å²) >= 11 is -0.496. The van der Waals surface area contributed by atoms with Gasteiger partial charge in [-0.1, -0.05) is 54.6 Å². The number of hydrogen-bond donors (Lipinski definition) is 0. The third kappa shape index (κ3) is 9.17. The summed E-state index contributed by atoms with van der Waals surface area (Å²) < 4.78 is 270. The molecule has 1 saturated heterocycles. The van der Waals surface area contributed by atoms with E-state index in [1.165, 1.54) is 0 Å². The van der Waals surface area contributed by atoms with Gasteiger partial charge in [-0.05, 0) is 72.2 Å². The van der Waals surface area contributed by atoms with Crippen molar-refractivity contribution in [1.29, 1.82) is 0 Å². The van der Waals surface area contributed by atoms with Crippen LogP contribution in [0.2, 0.25) is 0 Å². The number of alkyl halides is 3. The summed E-state index contributed by atoms with van der Waals surface area (Å²) in [7, 11) is -3.24. The van der Waals surface area contributed by atoms with Crippen LogP contribution >= 0.6 is 11.8 Å². The number of hydrogen-bond acceptors (Lipinski definition) is 5. The number of likely N-dealkylation sites (tertiary alicyclic amines) is 1. The van der Waals surface area contributed by atoms with E-state index in [0.717, 1.165) is 49.4 Å². The van der Waals surface area contributed by atoms with Gasteiger partial charge in [-0.2, -0.15) is 13.2 Å². The Hall–Kier alpha value is -4.52. The zero-order chi connectivity index (χ0) is 57.2. The number of pyridine rings is 1. The molecule has 0 atom stereocenters. The molecule has 0 unspecified atom stereocenters. The van der Waals surface area contributed by atoms with Crippen molar-refractivity contribution in [3.63, 3.8) is 0 Å². The molecule has 0 aliphatic carbocycles. The molecule has 1 aliphatic heterocycles. The number of carbonyl (C=O) groups is 1. The van der Waals surface area contributed by atoms with E-state index in [9.17, 15) is 34.7 Å². The van der Waals surface area contributed by atoms with Gasteiger partial charge in [0.05, 0.1) is 39.2 Å². The predicted molar refractivity (Wildman–Crippen MR) is 198 cm³/mol. The van der Waals surface area contributed by atoms with E-state index >= 15 is 9.18 Å². The number of fused-ring (bicyclic) bond motifs is 1. The highest BCUT2D eigenvalue weighted by molar-refractivity contribution is 7.98. The average Bonchev–Trinajstić information content (AvgIpc) is 3.29. The van der Waals surface area contributed by atoms with Crippen molar-refractivity contribution in [3.05, 3.63) is 135 Å². The number of methoxy groups -OCH3 is 1. The number of amides is 1. The van der Waals surface area contributed by atoms with Crippen LogP contribution in [0.4, 0.5) is 22.0 Å². The Morgan fingerprint density at radius 2 is 1.75 bits per heavy atom. The zero-order valence-electron chi connectivity index (χ0n) is 49.1. The summed E-state index contributed by atoms with van der Waals surface area (Å²) in [4.78, 5) is 28.8. The van der Waals surface area contributed by atoms with Gasteiger partial charge in [0.2, 0.25) is 5.91 Å². The quantitative estimate of drug-likeness (QED) is 0.0939. The van der Waals surface area contributed by atoms with Gasteiger partial charge in [-0.15, -0.1) is 11.8 Å². The molecule has 0 bridgehead atoms. The van der Waals surface area contributed by atoms with Gasteiger partial charge in [0, 0.05) is 75.5 Å². The van der Waals surface area contributed by atoms with Gasteiger partial charge in [0.1, 0.15) is 6.50 Å². The summed E-state index contributed by atoms with van der Waals surface area (Å²) in [5.74, 6) is -6.25. The van der Waals surface area contributed by atoms with Crippen molar-refractivity contribution in [2.24, 2.45) is 0 Å². The Labute approximate surface area is 340 Å². The number of nitrogens with zero attached hydrogens (tertiary/aromatic N) is 3. The van der Waals surface area contributed by atoms with Gasteiger partial charge >= 0.3 is 6.18 Å². The normalized spacial score (nSPS) is 25.7. The second-order valence-electron chi connectivity index (χ2n) is 11.0. The zero-order valence-corrected chi connectivity index (χ0v) is 27.9. The van der Waals surface area contributed by atoms with Gasteiger partial charge in [-0.3, -0.25) is 9.59 Å². The van der Waals surface area contributed by atoms with Gasteiger partial charge in [-0.25, -0.2) is 8.78 Å². The van der Waals surface area contributed by atoms with E-state index in [1.807, 2.05) is 0 Å². The molecule has 6 rings (SSSR count). The fourth-order valence-electron chi connectivity index (χ4n) is 4.73. The SMILES string of the molecule is [2H]c1c(C)c([2H])c2c(c1[2H])c(=O)c([2H])c(SC([2H])([2H])c1cccc(F)c1F)n2C([2H])([2H])C(=O)N(C([2H])([2H])c1ccc(-c2ccc(C(F)(F)F)cc2)cc1)C1([2H])C([2H])([2H])C([2H])([2H])N(CCOC([2H])([2H])[2H])C([2H])([2H])C1([2H])[2H]. The number of piperidine rings is 1. The van der Waals surface area contributed by atoms with Crippen molar-refractivity contribution in [3.8, 4) is 11.1 Å². The van der Waals surface area contributed by atoms with Gasteiger partial charge in [0.25, 0.3) is 0 Å². The van der Waals surface area contributed by atoms with Crippen molar-refractivity contribution in [2.45, 2.75) is 55.6 Å². The summed E-state index contributed by atoms with van der Waals surface area (Å²) in [6.07, 6.45) is -13.9. The van der Waals surface area contributed by atoms with Crippen LogP contribution in [0.5, 0.6) is 0 Å². The maximum absolute atomic E-state index is 15.8. The molecule has 1 fully saturated rings. The van der Waals surface area contributed by atoms with Crippen LogP contribution in [0.3, 0.4) is 0 Å². The highest BCUT2D eigenvalue weighted by Gasteiger charge is 2.31. The minimum absolute atomic E-state index is 0.00894. The van der Waals surface area contributed by atoms with Crippen LogP contribution in [-0.4, -0.2) is 59.5 Å². The van der Waals surface area contributed by atoms with Crippen LogP contribution in [-0.2, 0) is 34.4 Å². The topological polar surface area (TPSA) is 54.8 Å². The van der Waals surface area contributed by atoms with Gasteiger partial charge in [0.15, 0.2) is 17.1 Å². The molecule has 4 aromatic carbocycles. The van der Waals surface area contributed by atoms with E-state index in [4.69, 9.17) is 17.8 Å². The smallest absolute Gasteiger partial charge is 0.383 e. The van der Waals surface area contributed by atoms with Crippen LogP contribution in [0.25, 0.3) is 22.0 Å². The first-order chi connectivity index (χ1) is 33.9. The molecular weight excluding hydrogens is 710 g/mol. The first-order valence-corrected chi connectivity index (χ1v) is 16.1. The van der Waals surface area contributed by atoms with E-state index < -0.39 is 179 Å². The molecule has 2 heterocycles. The fourth-order valence-corrected chi connectivity index (χ4v) is 5.47. The minimum Gasteiger partial charge on any atom is -0.383 e. The predicted octanol–water partition coefficient (Wildman–Crippen LogP) is 8.71. The number of benzene rings is 4. The van der Waals surface area contributed by atoms with Crippen molar-refractivity contribution >= 4 is 28.6 Å². The summed E-state index contributed by atoms with van der Waals surface area (Å²) in [6, 6.07) is -0.620. The van der Waals surface area contributed by atoms with Crippen molar-refractivity contribution < 1.29 is 61.6 Å². The van der Waals surface area contributed by atoms with Crippen LogP contribution in [0.15, 0.2) is 101 Å². The molecule has 5 aromatic rings. The van der Waals surface area contributed by atoms with Crippen LogP contribution < -0.4 is 5.43 Å². The Morgan fingerprint density at radius 1 is 1.06 bits per heavy atom. The second kappa shape index (κ2) is 16.7. The number of aromatic nitrogens is 1. The molecule has 6 nitrogen and oxygen atoms in total. The number of carbonyl (C=O) groups excluding carboxylic acids is 1. The van der Waals surface area contributed by atoms with E-state index in [1.54, 1.807) is 0 Å². The fraction of sp³-hybridized carbons (Fsp3) is 0.317. The Kier molecular flexibility index (Phi) is 6.03. The molecular formula is C41H40F5N3O3S. The molecule has 12 heteroatoms. The van der Waals surface area contributed by atoms with Crippen LogP contribution in [0.1, 0.15) is 65.2 Å². The summed E-state index contributed by atoms with van der Waals surface area (Å²) in [5, 5.41) is -2.66. The van der Waals surface area contributed by atoms with Crippen molar-refractivity contribution in [1.82, 2.24) is 14.4 Å². The minimum atomic E-state index is -4.83. The third-order valence-corrected chi connectivity index (χ3v) is 8.14. The largest absolute Gasteiger partial charge is 0.416 e. The monoisotopic (exact) mass is 771 g/mol. The van der Waals surface area contributed by atoms with E-state index in [-0.39, 0.29) is 20.6 Å². The summed E-state index contributed by atoms with van der Waals surface area (Å²) in [5.41, 5.74) is -10.1. The van der Waals surface area contributed by atoms with Gasteiger partial charge < -0.3 is 19.1 Å². The standard InChI is InChI=1S/C41H40F5N3O3S/c1-27-6-15-34-36(22-27)49(39(23-37(34)50)53-26-31-4-3-5-35(42)40(31)43)25-38(51)48(33-16-18-47(19-17-33)20-21-52-2)24-28-7-9-29(10-8-28)30-11-13-32(14-12-30)41(44,45)46/h3-15,22-23,33H,16-21,24-26H2,1-2H3/i2D3,6D,15D,16D2,17D2,18D2,19D2,22D,23D,24D2,25D2,26D2,33D. The maximum Gasteiger partial charge on any atom is 0.416 e. The summed E-state index contributed by atoms with van der Waals surface area (Å²) in [6.45, 7) is -18.6. The molecule has 53 heavy (non-hydrogen) atoms. The molecule has 0 radical (unpaired) electrons. The lowest BCUT2D eigenvalue weighted by atomic mass is 10.00. The average molecular weight is 772 g/mol. The first kappa shape index (κ1) is 19.2. The molecule has 1 aromatic heterocycles. The highest BCUT2D eigenvalue weighted by atomic mass is 32.2. The lowest BCUT2D eigenvalue weighted by Crippen LogP contribution is -2.48. The maximum atomic E-state index is 15.8. The first-order valence-electron chi connectivity index (χ1n) is 26.2. The molecule has 278 valence electrons. The number of thioether (sulfide) groups is 1. The molecule has 1 aliphatic rings. The lowest BCUT2D eigenvalue weighted by molar-refractivity contribution is -0.137. The van der Waals surface area contributed by atoms with Crippen LogP contribution in [0, 0.1) is 18.6 Å². The molecule has 0 N–H and O–H groups in total. The third-order valence-electron chi connectivity index (χ3n) is 7.34. The Morgan fingerprint density at radius 3 is 2.43 bits per heavy atom. The molecule has 0 spiro atoms. The Bertz CT molecular complexity index is 3110. The molecule has 0 saturated carbocycles. The number of rotatable bonds is 12. The van der Waals surface area contributed by atoms with Crippen molar-refractivity contribution in [2.75, 3.05) is 33.2 Å². The highest BCUT2D eigenvalue weighted by Crippen LogP contribution is 2.32. The number of ether oxygens (including phenoxy) is 1. The van der Waals surface area contributed by atoms with E-state index in [0.29, 0.717) is 24.3 Å². The Balaban J connectivity index is 1.72. The second-order valence-corrected chi connectivity index (χ2v) is 11.8. The lowest BCUT2D eigenvalue weighted by Gasteiger charge is -2.39. The van der Waals surface area contributed by atoms with E-state index in [2.05, 4.69) is 4.74 Å². The number of halogens is 5. The molecule has 1 amide bonds.